The van der Waals surface area contributed by atoms with Gasteiger partial charge in [0.25, 0.3) is 0 Å². The summed E-state index contributed by atoms with van der Waals surface area (Å²) in [4.78, 5) is 25.8. The number of hydrogen-bond donors (Lipinski definition) is 1. The molecule has 1 aliphatic carbocycles. The molecule has 3 aromatic carbocycles. The first-order chi connectivity index (χ1) is 16.4. The minimum atomic E-state index is -1.10. The Balaban J connectivity index is 1.39. The zero-order chi connectivity index (χ0) is 24.1. The molecule has 1 amide bonds. The molecule has 1 aliphatic rings. The number of carbonyl (C=O) groups excluding carboxylic acids is 2. The summed E-state index contributed by atoms with van der Waals surface area (Å²) >= 11 is 3.47. The summed E-state index contributed by atoms with van der Waals surface area (Å²) in [5, 5.41) is 2.97. The van der Waals surface area contributed by atoms with Gasteiger partial charge >= 0.3 is 5.97 Å². The maximum absolute atomic E-state index is 13.0. The van der Waals surface area contributed by atoms with Crippen molar-refractivity contribution in [2.45, 2.75) is 38.3 Å². The Hall–Kier alpha value is -3.19. The van der Waals surface area contributed by atoms with Crippen LogP contribution in [0.1, 0.15) is 29.2 Å². The van der Waals surface area contributed by atoms with Gasteiger partial charge in [-0.05, 0) is 65.6 Å². The second-order valence-corrected chi connectivity index (χ2v) is 9.27. The van der Waals surface area contributed by atoms with Crippen molar-refractivity contribution < 1.29 is 23.5 Å². The Morgan fingerprint density at radius 1 is 0.971 bits per heavy atom. The van der Waals surface area contributed by atoms with E-state index in [1.165, 1.54) is 12.1 Å². The van der Waals surface area contributed by atoms with Crippen LogP contribution in [0.15, 0.2) is 71.2 Å². The third-order valence-electron chi connectivity index (χ3n) is 5.80. The highest BCUT2D eigenvalue weighted by atomic mass is 79.9. The number of rotatable bonds is 8. The summed E-state index contributed by atoms with van der Waals surface area (Å²) in [7, 11) is 0. The molecule has 1 atom stereocenters. The van der Waals surface area contributed by atoms with E-state index in [1.807, 2.05) is 30.3 Å². The fourth-order valence-corrected chi connectivity index (χ4v) is 4.55. The Morgan fingerprint density at radius 3 is 2.35 bits per heavy atom. The number of esters is 1. The maximum Gasteiger partial charge on any atom is 0.332 e. The van der Waals surface area contributed by atoms with E-state index in [0.29, 0.717) is 25.2 Å². The maximum atomic E-state index is 13.0. The van der Waals surface area contributed by atoms with Gasteiger partial charge in [-0.1, -0.05) is 46.3 Å². The van der Waals surface area contributed by atoms with Crippen molar-refractivity contribution in [3.8, 4) is 5.75 Å². The fraction of sp³-hybridized carbons (Fsp3) is 0.259. The first kappa shape index (κ1) is 24.0. The number of fused-ring (bicyclic) bond motifs is 1. The van der Waals surface area contributed by atoms with Crippen molar-refractivity contribution in [1.82, 2.24) is 5.32 Å². The predicted octanol–water partition coefficient (Wildman–Crippen LogP) is 4.93. The minimum Gasteiger partial charge on any atom is -0.489 e. The minimum absolute atomic E-state index is 0.124. The van der Waals surface area contributed by atoms with Gasteiger partial charge in [0.1, 0.15) is 23.7 Å². The van der Waals surface area contributed by atoms with Crippen molar-refractivity contribution in [3.05, 3.63) is 99.3 Å². The van der Waals surface area contributed by atoms with E-state index in [0.717, 1.165) is 26.7 Å². The molecule has 0 heterocycles. The Labute approximate surface area is 206 Å². The van der Waals surface area contributed by atoms with E-state index in [-0.39, 0.29) is 24.8 Å². The van der Waals surface area contributed by atoms with E-state index < -0.39 is 11.5 Å². The quantitative estimate of drug-likeness (QED) is 0.423. The summed E-state index contributed by atoms with van der Waals surface area (Å²) in [6, 6.07) is 19.2. The van der Waals surface area contributed by atoms with Gasteiger partial charge in [0.15, 0.2) is 0 Å². The van der Waals surface area contributed by atoms with Gasteiger partial charge in [-0.3, -0.25) is 4.79 Å². The van der Waals surface area contributed by atoms with Gasteiger partial charge < -0.3 is 14.8 Å². The highest BCUT2D eigenvalue weighted by molar-refractivity contribution is 9.10. The first-order valence-corrected chi connectivity index (χ1v) is 11.9. The second kappa shape index (κ2) is 10.4. The second-order valence-electron chi connectivity index (χ2n) is 8.35. The molecule has 176 valence electrons. The van der Waals surface area contributed by atoms with Crippen LogP contribution in [0.5, 0.6) is 5.75 Å². The van der Waals surface area contributed by atoms with Crippen molar-refractivity contribution in [1.29, 1.82) is 0 Å². The molecular formula is C27H25BrFNO4. The Kier molecular flexibility index (Phi) is 7.32. The van der Waals surface area contributed by atoms with Gasteiger partial charge in [-0.2, -0.15) is 0 Å². The smallest absolute Gasteiger partial charge is 0.332 e. The van der Waals surface area contributed by atoms with Gasteiger partial charge in [-0.15, -0.1) is 0 Å². The van der Waals surface area contributed by atoms with Crippen LogP contribution in [0, 0.1) is 5.82 Å². The molecule has 5 nitrogen and oxygen atoms in total. The fourth-order valence-electron chi connectivity index (χ4n) is 4.14. The summed E-state index contributed by atoms with van der Waals surface area (Å²) in [6.07, 6.45) is 0.915. The molecule has 1 N–H and O–H groups in total. The number of ether oxygens (including phenoxy) is 2. The van der Waals surface area contributed by atoms with Crippen molar-refractivity contribution in [3.63, 3.8) is 0 Å². The molecule has 0 radical (unpaired) electrons. The number of carbonyl (C=O) groups is 2. The molecule has 0 fully saturated rings. The summed E-state index contributed by atoms with van der Waals surface area (Å²) < 4.78 is 25.0. The SMILES string of the molecule is CCOC(=O)C1(NC(=O)Cc2ccc(OCc3ccc(F)cc3)cc2)Cc2ccc(Br)cc2C1. The van der Waals surface area contributed by atoms with Gasteiger partial charge in [0.05, 0.1) is 13.0 Å². The lowest BCUT2D eigenvalue weighted by Gasteiger charge is -2.28. The number of nitrogens with one attached hydrogen (secondary N) is 1. The molecule has 0 bridgehead atoms. The van der Waals surface area contributed by atoms with Crippen LogP contribution in [0.4, 0.5) is 4.39 Å². The van der Waals surface area contributed by atoms with Crippen LogP contribution < -0.4 is 10.1 Å². The predicted molar refractivity (Wildman–Crippen MR) is 130 cm³/mol. The normalized spacial score (nSPS) is 16.6. The topological polar surface area (TPSA) is 64.6 Å². The lowest BCUT2D eigenvalue weighted by molar-refractivity contribution is -0.153. The highest BCUT2D eigenvalue weighted by Crippen LogP contribution is 2.33. The van der Waals surface area contributed by atoms with Gasteiger partial charge in [0.2, 0.25) is 5.91 Å². The van der Waals surface area contributed by atoms with Crippen molar-refractivity contribution in [2.75, 3.05) is 6.61 Å². The zero-order valence-electron chi connectivity index (χ0n) is 18.8. The van der Waals surface area contributed by atoms with Crippen molar-refractivity contribution >= 4 is 27.8 Å². The lowest BCUT2D eigenvalue weighted by Crippen LogP contribution is -2.56. The van der Waals surface area contributed by atoms with Gasteiger partial charge in [0, 0.05) is 17.3 Å². The average Bonchev–Trinajstić information content (AvgIpc) is 3.18. The Bertz CT molecular complexity index is 1180. The van der Waals surface area contributed by atoms with Crippen LogP contribution in [-0.4, -0.2) is 24.0 Å². The van der Waals surface area contributed by atoms with Crippen LogP contribution in [0.3, 0.4) is 0 Å². The molecule has 3 aromatic rings. The third kappa shape index (κ3) is 5.65. The van der Waals surface area contributed by atoms with Crippen LogP contribution in [0.2, 0.25) is 0 Å². The molecule has 0 saturated carbocycles. The number of hydrogen-bond acceptors (Lipinski definition) is 4. The molecular weight excluding hydrogens is 501 g/mol. The monoisotopic (exact) mass is 525 g/mol. The van der Waals surface area contributed by atoms with E-state index in [4.69, 9.17) is 9.47 Å². The number of halogens is 2. The largest absolute Gasteiger partial charge is 0.489 e. The molecule has 0 saturated heterocycles. The molecule has 0 spiro atoms. The van der Waals surface area contributed by atoms with E-state index in [9.17, 15) is 14.0 Å². The van der Waals surface area contributed by atoms with Crippen molar-refractivity contribution in [2.24, 2.45) is 0 Å². The number of benzene rings is 3. The molecule has 7 heteroatoms. The Morgan fingerprint density at radius 2 is 1.65 bits per heavy atom. The zero-order valence-corrected chi connectivity index (χ0v) is 20.4. The first-order valence-electron chi connectivity index (χ1n) is 11.1. The van der Waals surface area contributed by atoms with Crippen LogP contribution in [-0.2, 0) is 40.2 Å². The van der Waals surface area contributed by atoms with E-state index in [1.54, 1.807) is 31.2 Å². The summed E-state index contributed by atoms with van der Waals surface area (Å²) in [5.74, 6) is -0.307. The molecule has 0 aromatic heterocycles. The molecule has 34 heavy (non-hydrogen) atoms. The van der Waals surface area contributed by atoms with E-state index in [2.05, 4.69) is 21.2 Å². The number of amides is 1. The van der Waals surface area contributed by atoms with E-state index >= 15 is 0 Å². The molecule has 4 rings (SSSR count). The summed E-state index contributed by atoms with van der Waals surface area (Å²) in [5.41, 5.74) is 2.60. The molecule has 0 aliphatic heterocycles. The van der Waals surface area contributed by atoms with Crippen LogP contribution in [0.25, 0.3) is 0 Å². The molecule has 1 unspecified atom stereocenters. The standard InChI is InChI=1S/C27H25BrFNO4/c1-2-33-26(32)27(15-20-7-8-22(28)14-21(20)16-27)30-25(31)13-18-5-11-24(12-6-18)34-17-19-3-9-23(29)10-4-19/h3-12,14H,2,13,15-17H2,1H3,(H,30,31). The van der Waals surface area contributed by atoms with Gasteiger partial charge in [-0.25, -0.2) is 9.18 Å². The third-order valence-corrected chi connectivity index (χ3v) is 6.30. The lowest BCUT2D eigenvalue weighted by atomic mass is 9.95. The average molecular weight is 526 g/mol. The summed E-state index contributed by atoms with van der Waals surface area (Å²) in [6.45, 7) is 2.32. The highest BCUT2D eigenvalue weighted by Gasteiger charge is 2.46. The van der Waals surface area contributed by atoms with Crippen LogP contribution >= 0.6 is 15.9 Å².